The van der Waals surface area contributed by atoms with Crippen molar-refractivity contribution in [3.05, 3.63) is 47.5 Å². The van der Waals surface area contributed by atoms with Crippen molar-refractivity contribution in [3.8, 4) is 11.5 Å². The Balaban J connectivity index is 2.18. The van der Waals surface area contributed by atoms with Crippen LogP contribution in [0.2, 0.25) is 0 Å². The number of imidazole rings is 1. The summed E-state index contributed by atoms with van der Waals surface area (Å²) in [6.45, 7) is 0.114. The molecule has 6 N–H and O–H groups in total. The molecule has 0 saturated heterocycles. The van der Waals surface area contributed by atoms with E-state index in [-0.39, 0.29) is 35.0 Å². The van der Waals surface area contributed by atoms with E-state index in [1.54, 1.807) is 12.1 Å². The smallest absolute Gasteiger partial charge is 0.199 e. The zero-order valence-electron chi connectivity index (χ0n) is 12.5. The Kier molecular flexibility index (Phi) is 3.94. The molecule has 0 spiro atoms. The van der Waals surface area contributed by atoms with Crippen molar-refractivity contribution in [1.82, 2.24) is 19.9 Å². The number of aromatic nitrogens is 4. The zero-order valence-corrected chi connectivity index (χ0v) is 12.5. The van der Waals surface area contributed by atoms with Crippen molar-refractivity contribution in [3.63, 3.8) is 0 Å². The number of hydrogen-bond donors (Lipinski definition) is 3. The third-order valence-electron chi connectivity index (χ3n) is 3.27. The molecule has 8 nitrogen and oxygen atoms in total. The van der Waals surface area contributed by atoms with Crippen LogP contribution in [0.15, 0.2) is 46.3 Å². The van der Waals surface area contributed by atoms with E-state index in [2.05, 4.69) is 19.9 Å². The van der Waals surface area contributed by atoms with E-state index >= 15 is 0 Å². The number of halogens is 1. The third-order valence-corrected chi connectivity index (χ3v) is 3.27. The number of nitrogen functional groups attached to an aromatic ring is 1. The molecule has 2 radical (unpaired) electrons. The highest BCUT2D eigenvalue weighted by molar-refractivity contribution is 6.21. The summed E-state index contributed by atoms with van der Waals surface area (Å²) >= 11 is 0. The van der Waals surface area contributed by atoms with E-state index in [4.69, 9.17) is 25.0 Å². The Bertz CT molecular complexity index is 955. The zero-order chi connectivity index (χ0) is 17.3. The quantitative estimate of drug-likeness (QED) is 0.472. The van der Waals surface area contributed by atoms with Crippen LogP contribution >= 0.6 is 0 Å². The second-order valence-corrected chi connectivity index (χ2v) is 5.04. The molecule has 0 aliphatic heterocycles. The normalized spacial score (nSPS) is 12.9. The van der Waals surface area contributed by atoms with Gasteiger partial charge in [-0.25, -0.2) is 14.0 Å². The van der Waals surface area contributed by atoms with E-state index in [1.165, 1.54) is 22.8 Å². The maximum atomic E-state index is 14.3. The van der Waals surface area contributed by atoms with Gasteiger partial charge in [0.25, 0.3) is 0 Å². The van der Waals surface area contributed by atoms with Crippen molar-refractivity contribution in [2.24, 2.45) is 11.5 Å². The van der Waals surface area contributed by atoms with Gasteiger partial charge in [-0.2, -0.15) is 0 Å². The fourth-order valence-corrected chi connectivity index (χ4v) is 2.27. The van der Waals surface area contributed by atoms with Crippen LogP contribution in [0.5, 0.6) is 0 Å². The standard InChI is InChI=1S/C14H13BFN7O/c15-10(18)5-4-7(17)6-23-12-8(16)2-1-3-9(12)20-14(23)11-13(19)22-24-21-11/h1-5H,6,17-18H2,(H2,19,22)/b7-4-,10-5-. The molecule has 0 fully saturated rings. The maximum Gasteiger partial charge on any atom is 0.199 e. The molecule has 120 valence electrons. The number of allylic oxidation sites excluding steroid dienone is 3. The molecule has 2 aromatic heterocycles. The second kappa shape index (κ2) is 6.07. The van der Waals surface area contributed by atoms with E-state index < -0.39 is 5.82 Å². The monoisotopic (exact) mass is 325 g/mol. The van der Waals surface area contributed by atoms with Gasteiger partial charge in [-0.15, -0.1) is 0 Å². The van der Waals surface area contributed by atoms with Crippen molar-refractivity contribution >= 4 is 24.7 Å². The third kappa shape index (κ3) is 2.81. The van der Waals surface area contributed by atoms with Crippen molar-refractivity contribution in [2.75, 3.05) is 5.73 Å². The molecule has 1 aromatic carbocycles. The number of para-hydroxylation sites is 1. The molecule has 3 rings (SSSR count). The second-order valence-electron chi connectivity index (χ2n) is 5.04. The molecule has 3 aromatic rings. The Labute approximate surface area is 137 Å². The summed E-state index contributed by atoms with van der Waals surface area (Å²) in [7, 11) is 5.37. The predicted octanol–water partition coefficient (Wildman–Crippen LogP) is 0.619. The molecule has 0 saturated carbocycles. The van der Waals surface area contributed by atoms with Gasteiger partial charge in [0.2, 0.25) is 0 Å². The Morgan fingerprint density at radius 2 is 2.08 bits per heavy atom. The van der Waals surface area contributed by atoms with E-state index in [0.29, 0.717) is 11.2 Å². The van der Waals surface area contributed by atoms with Crippen LogP contribution in [0.1, 0.15) is 0 Å². The number of nitrogens with zero attached hydrogens (tertiary/aromatic N) is 4. The fraction of sp³-hybridized carbons (Fsp3) is 0.0714. The van der Waals surface area contributed by atoms with Crippen molar-refractivity contribution in [1.29, 1.82) is 0 Å². The highest BCUT2D eigenvalue weighted by atomic mass is 19.1. The molecular weight excluding hydrogens is 312 g/mol. The first-order valence-corrected chi connectivity index (χ1v) is 6.87. The van der Waals surface area contributed by atoms with E-state index in [9.17, 15) is 4.39 Å². The van der Waals surface area contributed by atoms with Gasteiger partial charge in [0.15, 0.2) is 17.3 Å². The van der Waals surface area contributed by atoms with Gasteiger partial charge < -0.3 is 21.8 Å². The lowest BCUT2D eigenvalue weighted by molar-refractivity contribution is 0.310. The topological polar surface area (TPSA) is 135 Å². The molecule has 2 heterocycles. The summed E-state index contributed by atoms with van der Waals surface area (Å²) in [4.78, 5) is 4.36. The largest absolute Gasteiger partial charge is 0.411 e. The first-order chi connectivity index (χ1) is 11.5. The number of nitrogens with two attached hydrogens (primary N) is 3. The minimum absolute atomic E-state index is 0.0422. The lowest BCUT2D eigenvalue weighted by atomic mass is 10.1. The minimum atomic E-state index is -0.456. The number of rotatable bonds is 4. The number of hydrogen-bond acceptors (Lipinski definition) is 7. The van der Waals surface area contributed by atoms with Gasteiger partial charge >= 0.3 is 0 Å². The molecular formula is C14H13BFN7O. The molecule has 0 aliphatic carbocycles. The highest BCUT2D eigenvalue weighted by Crippen LogP contribution is 2.28. The maximum absolute atomic E-state index is 14.3. The first-order valence-electron chi connectivity index (χ1n) is 6.87. The summed E-state index contributed by atoms with van der Waals surface area (Å²) in [5.74, 6) is -0.126. The van der Waals surface area contributed by atoms with Gasteiger partial charge in [0.1, 0.15) is 19.2 Å². The molecule has 0 unspecified atom stereocenters. The molecule has 10 heteroatoms. The van der Waals surface area contributed by atoms with Gasteiger partial charge in [0, 0.05) is 5.70 Å². The van der Waals surface area contributed by atoms with Gasteiger partial charge in [-0.1, -0.05) is 12.1 Å². The number of anilines is 1. The van der Waals surface area contributed by atoms with Crippen molar-refractivity contribution in [2.45, 2.75) is 6.54 Å². The summed E-state index contributed by atoms with van der Waals surface area (Å²) in [6.07, 6.45) is 2.96. The average molecular weight is 325 g/mol. The SMILES string of the molecule is [B]/C(N)=C/C=C(\N)Cn1c(-c2nonc2N)nc2cccc(F)c21. The van der Waals surface area contributed by atoms with Crippen LogP contribution < -0.4 is 17.2 Å². The molecule has 0 aliphatic rings. The highest BCUT2D eigenvalue weighted by Gasteiger charge is 2.21. The van der Waals surface area contributed by atoms with Crippen LogP contribution in [0.3, 0.4) is 0 Å². The van der Waals surface area contributed by atoms with Crippen LogP contribution in [0.4, 0.5) is 10.2 Å². The van der Waals surface area contributed by atoms with Gasteiger partial charge in [-0.3, -0.25) is 0 Å². The number of fused-ring (bicyclic) bond motifs is 1. The van der Waals surface area contributed by atoms with Crippen LogP contribution in [-0.2, 0) is 6.54 Å². The van der Waals surface area contributed by atoms with Crippen molar-refractivity contribution < 1.29 is 9.02 Å². The summed E-state index contributed by atoms with van der Waals surface area (Å²) < 4.78 is 20.4. The first kappa shape index (κ1) is 15.6. The molecule has 0 amide bonds. The average Bonchev–Trinajstić information content (AvgIpc) is 3.10. The lowest BCUT2D eigenvalue weighted by Crippen LogP contribution is -2.11. The number of benzene rings is 1. The fourth-order valence-electron chi connectivity index (χ4n) is 2.27. The Morgan fingerprint density at radius 3 is 2.75 bits per heavy atom. The van der Waals surface area contributed by atoms with E-state index in [1.807, 2.05) is 0 Å². The summed E-state index contributed by atoms with van der Waals surface area (Å²) in [6, 6.07) is 4.55. The minimum Gasteiger partial charge on any atom is -0.411 e. The van der Waals surface area contributed by atoms with Gasteiger partial charge in [-0.05, 0) is 34.1 Å². The lowest BCUT2D eigenvalue weighted by Gasteiger charge is -2.08. The molecule has 0 atom stereocenters. The predicted molar refractivity (Wildman–Crippen MR) is 87.7 cm³/mol. The summed E-state index contributed by atoms with van der Waals surface area (Å²) in [5, 5.41) is 7.25. The molecule has 0 bridgehead atoms. The van der Waals surface area contributed by atoms with Crippen LogP contribution in [0, 0.1) is 5.82 Å². The van der Waals surface area contributed by atoms with E-state index in [0.717, 1.165) is 0 Å². The molecule has 24 heavy (non-hydrogen) atoms. The Hall–Kier alpha value is -3.30. The van der Waals surface area contributed by atoms with Crippen LogP contribution in [-0.4, -0.2) is 27.7 Å². The van der Waals surface area contributed by atoms with Crippen LogP contribution in [0.25, 0.3) is 22.6 Å². The Morgan fingerprint density at radius 1 is 1.29 bits per heavy atom. The summed E-state index contributed by atoms with van der Waals surface area (Å²) in [5.41, 5.74) is 18.4. The van der Waals surface area contributed by atoms with Gasteiger partial charge in [0.05, 0.1) is 12.1 Å².